The molecule has 3 aromatic carbocycles. The minimum atomic E-state index is -6.12. The Bertz CT molecular complexity index is 1340. The van der Waals surface area contributed by atoms with Gasteiger partial charge in [-0.05, 0) is 59.2 Å². The zero-order chi connectivity index (χ0) is 28.6. The molecular weight excluding hydrogens is 549 g/mol. The van der Waals surface area contributed by atoms with Gasteiger partial charge in [0.05, 0.1) is 0 Å². The number of carbonyl (C=O) groups is 1. The summed E-state index contributed by atoms with van der Waals surface area (Å²) >= 11 is 1.70. The van der Waals surface area contributed by atoms with Crippen LogP contribution < -0.4 is 10.6 Å². The number of fused-ring (bicyclic) bond motifs is 1. The molecule has 1 heterocycles. The Kier molecular flexibility index (Phi) is 8.02. The van der Waals surface area contributed by atoms with Gasteiger partial charge in [-0.2, -0.15) is 26.3 Å². The molecule has 0 spiro atoms. The molecule has 0 saturated carbocycles. The van der Waals surface area contributed by atoms with E-state index in [2.05, 4.69) is 23.6 Å². The molecule has 0 bridgehead atoms. The highest BCUT2D eigenvalue weighted by molar-refractivity contribution is 7.99. The summed E-state index contributed by atoms with van der Waals surface area (Å²) in [6, 6.07) is 12.1. The number of benzene rings is 3. The van der Waals surface area contributed by atoms with Crippen molar-refractivity contribution in [2.24, 2.45) is 0 Å². The third-order valence-corrected chi connectivity index (χ3v) is 7.29. The van der Waals surface area contributed by atoms with E-state index in [0.29, 0.717) is 18.3 Å². The summed E-state index contributed by atoms with van der Waals surface area (Å²) < 4.78 is 93.4. The summed E-state index contributed by atoms with van der Waals surface area (Å²) in [6.45, 7) is 2.66. The van der Waals surface area contributed by atoms with E-state index < -0.39 is 35.4 Å². The molecule has 0 radical (unpaired) electrons. The molecule has 3 N–H and O–H groups in total. The monoisotopic (exact) mass is 572 g/mol. The van der Waals surface area contributed by atoms with Crippen molar-refractivity contribution in [1.29, 1.82) is 0 Å². The first kappa shape index (κ1) is 28.9. The molecular formula is C27H23F7N2O2S. The van der Waals surface area contributed by atoms with Gasteiger partial charge in [-0.15, -0.1) is 11.8 Å². The topological polar surface area (TPSA) is 61.4 Å². The van der Waals surface area contributed by atoms with Crippen molar-refractivity contribution in [3.63, 3.8) is 0 Å². The minimum Gasteiger partial charge on any atom is -0.369 e. The van der Waals surface area contributed by atoms with Crippen molar-refractivity contribution < 1.29 is 40.6 Å². The van der Waals surface area contributed by atoms with Crippen LogP contribution in [0.3, 0.4) is 0 Å². The number of hydrogen-bond acceptors (Lipinski definition) is 4. The fraction of sp³-hybridized carbons (Fsp3) is 0.296. The average molecular weight is 573 g/mol. The summed E-state index contributed by atoms with van der Waals surface area (Å²) in [5.74, 6) is -0.789. The first-order chi connectivity index (χ1) is 18.3. The number of alkyl halides is 6. The fourth-order valence-corrected chi connectivity index (χ4v) is 5.16. The Morgan fingerprint density at radius 3 is 2.26 bits per heavy atom. The number of hydrogen-bond donors (Lipinski definition) is 3. The molecule has 1 aliphatic rings. The van der Waals surface area contributed by atoms with E-state index in [0.717, 1.165) is 34.3 Å². The molecule has 3 aromatic rings. The summed E-state index contributed by atoms with van der Waals surface area (Å²) in [6.07, 6.45) is -11.5. The number of aliphatic hydroxyl groups is 1. The van der Waals surface area contributed by atoms with Gasteiger partial charge in [0.2, 0.25) is 5.91 Å². The zero-order valence-corrected chi connectivity index (χ0v) is 21.2. The quantitative estimate of drug-likeness (QED) is 0.226. The van der Waals surface area contributed by atoms with Gasteiger partial charge in [0.25, 0.3) is 5.60 Å². The van der Waals surface area contributed by atoms with Crippen molar-refractivity contribution in [2.75, 3.05) is 17.6 Å². The predicted octanol–water partition coefficient (Wildman–Crippen LogP) is 6.74. The second kappa shape index (κ2) is 10.8. The molecule has 0 aliphatic carbocycles. The normalized spacial score (nSPS) is 16.1. The van der Waals surface area contributed by atoms with Crippen LogP contribution in [0.4, 0.5) is 36.4 Å². The van der Waals surface area contributed by atoms with Crippen LogP contribution in [0, 0.1) is 5.82 Å². The number of thioether (sulfide) groups is 1. The lowest BCUT2D eigenvalue weighted by Crippen LogP contribution is -2.53. The van der Waals surface area contributed by atoms with Gasteiger partial charge in [0.1, 0.15) is 11.9 Å². The first-order valence-electron chi connectivity index (χ1n) is 11.8. The van der Waals surface area contributed by atoms with E-state index >= 15 is 0 Å². The lowest BCUT2D eigenvalue weighted by molar-refractivity contribution is -0.376. The largest absolute Gasteiger partial charge is 0.430 e. The Labute approximate surface area is 223 Å². The van der Waals surface area contributed by atoms with E-state index in [1.54, 1.807) is 11.8 Å². The van der Waals surface area contributed by atoms with Crippen LogP contribution in [0.5, 0.6) is 0 Å². The smallest absolute Gasteiger partial charge is 0.369 e. The van der Waals surface area contributed by atoms with Crippen LogP contribution in [0.2, 0.25) is 0 Å². The van der Waals surface area contributed by atoms with Crippen molar-refractivity contribution >= 4 is 23.4 Å². The lowest BCUT2D eigenvalue weighted by atomic mass is 9.90. The van der Waals surface area contributed by atoms with Gasteiger partial charge in [0, 0.05) is 28.3 Å². The molecule has 0 fully saturated rings. The lowest BCUT2D eigenvalue weighted by Gasteiger charge is -2.32. The van der Waals surface area contributed by atoms with E-state index in [9.17, 15) is 40.6 Å². The van der Waals surface area contributed by atoms with E-state index in [-0.39, 0.29) is 23.1 Å². The van der Waals surface area contributed by atoms with Crippen LogP contribution >= 0.6 is 11.8 Å². The maximum Gasteiger partial charge on any atom is 0.430 e. The highest BCUT2D eigenvalue weighted by atomic mass is 32.2. The Hall–Kier alpha value is -3.09. The molecule has 0 saturated heterocycles. The molecule has 4 rings (SSSR count). The predicted molar refractivity (Wildman–Crippen MR) is 134 cm³/mol. The molecule has 1 amide bonds. The molecule has 208 valence electrons. The van der Waals surface area contributed by atoms with Crippen LogP contribution in [-0.4, -0.2) is 35.7 Å². The summed E-state index contributed by atoms with van der Waals surface area (Å²) in [5, 5.41) is 15.5. The molecule has 1 unspecified atom stereocenters. The highest BCUT2D eigenvalue weighted by Crippen LogP contribution is 2.50. The highest BCUT2D eigenvalue weighted by Gasteiger charge is 2.71. The summed E-state index contributed by atoms with van der Waals surface area (Å²) in [4.78, 5) is 14.1. The minimum absolute atomic E-state index is 0.0165. The van der Waals surface area contributed by atoms with Crippen LogP contribution in [-0.2, 0) is 16.8 Å². The number of nitrogens with one attached hydrogen (secondary N) is 2. The number of amides is 1. The molecule has 39 heavy (non-hydrogen) atoms. The molecule has 12 heteroatoms. The van der Waals surface area contributed by atoms with Gasteiger partial charge >= 0.3 is 12.4 Å². The number of halogens is 7. The third-order valence-electron chi connectivity index (χ3n) is 6.41. The SMILES string of the molecule is CCSc1ccc2c(c1)CCNC2C(=O)Nc1ccc(-c2ccc(C(O)(C(F)(F)F)C(F)(F)F)cc2F)cc1. The van der Waals surface area contributed by atoms with Crippen LogP contribution in [0.25, 0.3) is 11.1 Å². The number of carbonyl (C=O) groups excluding carboxylic acids is 1. The molecule has 1 atom stereocenters. The fourth-order valence-electron chi connectivity index (χ4n) is 4.44. The molecule has 1 aliphatic heterocycles. The standard InChI is InChI=1S/C27H23F7N2O2S/c1-2-39-19-8-10-21-16(13-19)11-12-35-23(21)24(37)36-18-6-3-15(4-7-18)20-9-5-17(14-22(20)28)25(38,26(29,30)31)27(32,33)34/h3-10,13-14,23,35,38H,2,11-12H2,1H3,(H,36,37). The van der Waals surface area contributed by atoms with Crippen molar-refractivity contribution in [2.45, 2.75) is 42.2 Å². The van der Waals surface area contributed by atoms with Gasteiger partial charge < -0.3 is 15.7 Å². The van der Waals surface area contributed by atoms with Crippen molar-refractivity contribution in [3.05, 3.63) is 83.2 Å². The first-order valence-corrected chi connectivity index (χ1v) is 12.8. The summed E-state index contributed by atoms with van der Waals surface area (Å²) in [5.41, 5.74) is -4.77. The maximum absolute atomic E-state index is 14.7. The van der Waals surface area contributed by atoms with Crippen molar-refractivity contribution in [1.82, 2.24) is 5.32 Å². The van der Waals surface area contributed by atoms with Gasteiger partial charge in [-0.1, -0.05) is 37.3 Å². The Morgan fingerprint density at radius 1 is 1.00 bits per heavy atom. The van der Waals surface area contributed by atoms with Crippen LogP contribution in [0.15, 0.2) is 65.6 Å². The van der Waals surface area contributed by atoms with Gasteiger partial charge in [-0.3, -0.25) is 4.79 Å². The average Bonchev–Trinajstić information content (AvgIpc) is 2.87. The number of rotatable bonds is 6. The second-order valence-corrected chi connectivity index (χ2v) is 10.2. The molecule has 4 nitrogen and oxygen atoms in total. The molecule has 0 aromatic heterocycles. The zero-order valence-electron chi connectivity index (χ0n) is 20.4. The number of anilines is 1. The Balaban J connectivity index is 1.53. The Morgan fingerprint density at radius 2 is 1.67 bits per heavy atom. The van der Waals surface area contributed by atoms with E-state index in [1.165, 1.54) is 24.3 Å². The van der Waals surface area contributed by atoms with Crippen LogP contribution in [0.1, 0.15) is 29.7 Å². The van der Waals surface area contributed by atoms with E-state index in [4.69, 9.17) is 0 Å². The van der Waals surface area contributed by atoms with Crippen molar-refractivity contribution in [3.8, 4) is 11.1 Å². The second-order valence-electron chi connectivity index (χ2n) is 8.90. The maximum atomic E-state index is 14.7. The van der Waals surface area contributed by atoms with E-state index in [1.807, 2.05) is 12.1 Å². The van der Waals surface area contributed by atoms with Gasteiger partial charge in [-0.25, -0.2) is 4.39 Å². The van der Waals surface area contributed by atoms with Gasteiger partial charge in [0.15, 0.2) is 0 Å². The third kappa shape index (κ3) is 5.64. The summed E-state index contributed by atoms with van der Waals surface area (Å²) in [7, 11) is 0.